The number of alkyl halides is 3. The molecule has 1 saturated heterocycles. The van der Waals surface area contributed by atoms with Crippen molar-refractivity contribution in [3.05, 3.63) is 83.9 Å². The summed E-state index contributed by atoms with van der Waals surface area (Å²) in [4.78, 5) is 24.8. The van der Waals surface area contributed by atoms with E-state index < -0.39 is 35.3 Å². The molecule has 1 atom stereocenters. The second-order valence-corrected chi connectivity index (χ2v) is 7.65. The minimum Gasteiger partial charge on any atom is -0.368 e. The molecule has 2 N–H and O–H groups in total. The zero-order valence-corrected chi connectivity index (χ0v) is 17.5. The van der Waals surface area contributed by atoms with Gasteiger partial charge in [-0.3, -0.25) is 9.59 Å². The molecule has 170 valence electrons. The van der Waals surface area contributed by atoms with Gasteiger partial charge in [0.2, 0.25) is 0 Å². The van der Waals surface area contributed by atoms with E-state index in [-0.39, 0.29) is 11.3 Å². The molecule has 5 nitrogen and oxygen atoms in total. The topological polar surface area (TPSA) is 67.4 Å². The van der Waals surface area contributed by atoms with Crippen molar-refractivity contribution in [3.8, 4) is 11.1 Å². The smallest absolute Gasteiger partial charge is 0.368 e. The van der Waals surface area contributed by atoms with Crippen LogP contribution >= 0.6 is 0 Å². The lowest BCUT2D eigenvalue weighted by Crippen LogP contribution is -2.27. The summed E-state index contributed by atoms with van der Waals surface area (Å²) < 4.78 is 46.3. The van der Waals surface area contributed by atoms with E-state index >= 15 is 0 Å². The van der Waals surface area contributed by atoms with Crippen LogP contribution in [0.4, 0.5) is 24.5 Å². The van der Waals surface area contributed by atoms with Crippen molar-refractivity contribution in [3.63, 3.8) is 0 Å². The lowest BCUT2D eigenvalue weighted by atomic mass is 10.0. The van der Waals surface area contributed by atoms with Crippen molar-refractivity contribution >= 4 is 23.2 Å². The van der Waals surface area contributed by atoms with Gasteiger partial charge in [-0.1, -0.05) is 42.5 Å². The molecule has 0 radical (unpaired) electrons. The molecule has 2 amide bonds. The van der Waals surface area contributed by atoms with Crippen LogP contribution in [0.3, 0.4) is 0 Å². The van der Waals surface area contributed by atoms with Gasteiger partial charge >= 0.3 is 6.18 Å². The largest absolute Gasteiger partial charge is 0.418 e. The maximum Gasteiger partial charge on any atom is 0.418 e. The summed E-state index contributed by atoms with van der Waals surface area (Å²) >= 11 is 0. The van der Waals surface area contributed by atoms with E-state index in [0.717, 1.165) is 29.7 Å². The predicted octanol–water partition coefficient (Wildman–Crippen LogP) is 5.74. The molecular weight excluding hydrogens is 433 g/mol. The Bertz CT molecular complexity index is 1140. The van der Waals surface area contributed by atoms with Crippen LogP contribution in [0.2, 0.25) is 0 Å². The number of rotatable bonds is 5. The van der Waals surface area contributed by atoms with Crippen LogP contribution in [0.25, 0.3) is 11.1 Å². The average molecular weight is 454 g/mol. The summed E-state index contributed by atoms with van der Waals surface area (Å²) in [7, 11) is 0. The van der Waals surface area contributed by atoms with E-state index in [1.54, 1.807) is 24.3 Å². The molecule has 0 bridgehead atoms. The lowest BCUT2D eigenvalue weighted by molar-refractivity contribution is -0.137. The molecule has 1 fully saturated rings. The summed E-state index contributed by atoms with van der Waals surface area (Å²) in [6, 6.07) is 19.3. The molecule has 33 heavy (non-hydrogen) atoms. The van der Waals surface area contributed by atoms with Crippen LogP contribution in [-0.4, -0.2) is 24.5 Å². The molecule has 1 aliphatic heterocycles. The quantitative estimate of drug-likeness (QED) is 0.517. The maximum absolute atomic E-state index is 13.7. The number of halogens is 3. The Morgan fingerprint density at radius 1 is 0.879 bits per heavy atom. The Morgan fingerprint density at radius 2 is 1.58 bits per heavy atom. The van der Waals surface area contributed by atoms with Crippen LogP contribution in [-0.2, 0) is 15.7 Å². The zero-order valence-electron chi connectivity index (χ0n) is 17.5. The summed E-state index contributed by atoms with van der Waals surface area (Å²) in [5, 5.41) is 4.79. The zero-order chi connectivity index (χ0) is 23.4. The number of anilines is 2. The van der Waals surface area contributed by atoms with E-state index in [2.05, 4.69) is 10.6 Å². The molecule has 1 aliphatic rings. The Hall–Kier alpha value is -3.65. The van der Waals surface area contributed by atoms with Gasteiger partial charge in [-0.05, 0) is 54.3 Å². The van der Waals surface area contributed by atoms with Gasteiger partial charge in [0, 0.05) is 17.9 Å². The minimum absolute atomic E-state index is 0.0203. The Balaban J connectivity index is 1.51. The molecule has 1 unspecified atom stereocenters. The third-order valence-electron chi connectivity index (χ3n) is 5.32. The lowest BCUT2D eigenvalue weighted by Gasteiger charge is -2.17. The Labute approximate surface area is 188 Å². The van der Waals surface area contributed by atoms with Crippen LogP contribution in [0, 0.1) is 0 Å². The monoisotopic (exact) mass is 454 g/mol. The fourth-order valence-corrected chi connectivity index (χ4v) is 3.61. The molecule has 0 aromatic heterocycles. The van der Waals surface area contributed by atoms with Crippen molar-refractivity contribution in [2.75, 3.05) is 17.2 Å². The molecule has 3 aromatic carbocycles. The van der Waals surface area contributed by atoms with Gasteiger partial charge in [-0.25, -0.2) is 0 Å². The maximum atomic E-state index is 13.7. The standard InChI is InChI=1S/C25H21F3N2O3/c26-25(27,28)20-15-19(29-24(32)22-7-4-14-33-22)12-13-21(20)30-23(31)18-10-8-17(9-11-18)16-5-2-1-3-6-16/h1-3,5-6,8-13,15,22H,4,7,14H2,(H,29,32)(H,30,31). The number of carbonyl (C=O) groups excluding carboxylic acids is 2. The van der Waals surface area contributed by atoms with Gasteiger partial charge in [0.25, 0.3) is 11.8 Å². The fraction of sp³-hybridized carbons (Fsp3) is 0.200. The minimum atomic E-state index is -4.73. The summed E-state index contributed by atoms with van der Waals surface area (Å²) in [6.45, 7) is 0.448. The first kappa shape index (κ1) is 22.5. The molecule has 0 aliphatic carbocycles. The second-order valence-electron chi connectivity index (χ2n) is 7.65. The highest BCUT2D eigenvalue weighted by Gasteiger charge is 2.35. The Kier molecular flexibility index (Phi) is 6.46. The molecule has 1 heterocycles. The molecule has 0 spiro atoms. The van der Waals surface area contributed by atoms with Crippen LogP contribution in [0.1, 0.15) is 28.8 Å². The number of hydrogen-bond acceptors (Lipinski definition) is 3. The molecule has 3 aromatic rings. The van der Waals surface area contributed by atoms with Gasteiger partial charge in [0.1, 0.15) is 6.10 Å². The van der Waals surface area contributed by atoms with Crippen molar-refractivity contribution in [1.29, 1.82) is 0 Å². The average Bonchev–Trinajstić information content (AvgIpc) is 3.35. The number of carbonyl (C=O) groups is 2. The van der Waals surface area contributed by atoms with Gasteiger partial charge in [0.15, 0.2) is 0 Å². The van der Waals surface area contributed by atoms with Crippen molar-refractivity contribution in [2.24, 2.45) is 0 Å². The van der Waals surface area contributed by atoms with Gasteiger partial charge in [0.05, 0.1) is 11.3 Å². The van der Waals surface area contributed by atoms with Crippen molar-refractivity contribution < 1.29 is 27.5 Å². The van der Waals surface area contributed by atoms with Crippen LogP contribution < -0.4 is 10.6 Å². The number of hydrogen-bond donors (Lipinski definition) is 2. The number of amides is 2. The first-order valence-corrected chi connectivity index (χ1v) is 10.4. The van der Waals surface area contributed by atoms with Gasteiger partial charge in [-0.15, -0.1) is 0 Å². The van der Waals surface area contributed by atoms with E-state index in [1.165, 1.54) is 6.07 Å². The van der Waals surface area contributed by atoms with Crippen LogP contribution in [0.5, 0.6) is 0 Å². The first-order chi connectivity index (χ1) is 15.8. The first-order valence-electron chi connectivity index (χ1n) is 10.4. The van der Waals surface area contributed by atoms with E-state index in [0.29, 0.717) is 13.0 Å². The van der Waals surface area contributed by atoms with Gasteiger partial charge in [-0.2, -0.15) is 13.2 Å². The molecular formula is C25H21F3N2O3. The number of benzene rings is 3. The Morgan fingerprint density at radius 3 is 2.21 bits per heavy atom. The second kappa shape index (κ2) is 9.46. The molecule has 4 rings (SSSR count). The highest BCUT2D eigenvalue weighted by molar-refractivity contribution is 6.05. The third kappa shape index (κ3) is 5.40. The van der Waals surface area contributed by atoms with E-state index in [1.807, 2.05) is 30.3 Å². The summed E-state index contributed by atoms with van der Waals surface area (Å²) in [5.41, 5.74) is 0.599. The highest BCUT2D eigenvalue weighted by Crippen LogP contribution is 2.37. The SMILES string of the molecule is O=C(Nc1ccc(NC(=O)C2CCCO2)cc1C(F)(F)F)c1ccc(-c2ccccc2)cc1. The fourth-order valence-electron chi connectivity index (χ4n) is 3.61. The molecule has 0 saturated carbocycles. The molecule has 8 heteroatoms. The normalized spacial score (nSPS) is 15.8. The summed E-state index contributed by atoms with van der Waals surface area (Å²) in [5.74, 6) is -1.16. The summed E-state index contributed by atoms with van der Waals surface area (Å²) in [6.07, 6.45) is -4.15. The van der Waals surface area contributed by atoms with E-state index in [4.69, 9.17) is 4.74 Å². The number of ether oxygens (including phenoxy) is 1. The predicted molar refractivity (Wildman–Crippen MR) is 119 cm³/mol. The highest BCUT2D eigenvalue weighted by atomic mass is 19.4. The number of nitrogens with one attached hydrogen (secondary N) is 2. The van der Waals surface area contributed by atoms with E-state index in [9.17, 15) is 22.8 Å². The van der Waals surface area contributed by atoms with Crippen molar-refractivity contribution in [1.82, 2.24) is 0 Å². The third-order valence-corrected chi connectivity index (χ3v) is 5.32. The van der Waals surface area contributed by atoms with Crippen LogP contribution in [0.15, 0.2) is 72.8 Å². The van der Waals surface area contributed by atoms with Crippen molar-refractivity contribution in [2.45, 2.75) is 25.1 Å². The van der Waals surface area contributed by atoms with Gasteiger partial charge < -0.3 is 15.4 Å².